The minimum atomic E-state index is 0.641. The number of aromatic nitrogens is 5. The van der Waals surface area contributed by atoms with Gasteiger partial charge in [-0.25, -0.2) is 15.0 Å². The highest BCUT2D eigenvalue weighted by molar-refractivity contribution is 7.99. The second-order valence-electron chi connectivity index (χ2n) is 14.4. The molecular weight excluding hydrogens is 715 g/mol. The lowest BCUT2D eigenvalue weighted by Gasteiger charge is -2.21. The number of rotatable bonds is 5. The van der Waals surface area contributed by atoms with Crippen molar-refractivity contribution in [1.29, 1.82) is 0 Å². The van der Waals surface area contributed by atoms with E-state index in [-0.39, 0.29) is 0 Å². The maximum absolute atomic E-state index is 5.10. The molecule has 0 unspecified atom stereocenters. The Bertz CT molecular complexity index is 3360. The summed E-state index contributed by atoms with van der Waals surface area (Å²) < 4.78 is 4.92. The minimum Gasteiger partial charge on any atom is -0.295 e. The molecule has 8 aromatic carbocycles. The molecule has 0 fully saturated rings. The number of fused-ring (bicyclic) bond motifs is 8. The third-order valence-corrected chi connectivity index (χ3v) is 12.3. The summed E-state index contributed by atoms with van der Waals surface area (Å²) in [5.41, 5.74) is 11.1. The molecule has 1 aliphatic heterocycles. The SMILES string of the molecule is c1ccc(-c2nc(-c3ccc(-c4ccc5c(c4)c4c6cccc7c6n(c4n5-c4ccccc4)-c4ccccc4S7)cc3)nc(-c3cccc4ccccc34)n2)cc1. The van der Waals surface area contributed by atoms with Crippen molar-refractivity contribution in [2.45, 2.75) is 9.79 Å². The van der Waals surface area contributed by atoms with Gasteiger partial charge in [0.2, 0.25) is 0 Å². The fraction of sp³-hybridized carbons (Fsp3) is 0. The summed E-state index contributed by atoms with van der Waals surface area (Å²) in [6, 6.07) is 66.6. The summed E-state index contributed by atoms with van der Waals surface area (Å²) in [4.78, 5) is 17.7. The summed E-state index contributed by atoms with van der Waals surface area (Å²) in [5, 5.41) is 6.02. The highest BCUT2D eigenvalue weighted by Crippen LogP contribution is 2.49. The molecule has 6 heteroatoms. The van der Waals surface area contributed by atoms with Crippen molar-refractivity contribution in [3.8, 4) is 56.7 Å². The molecule has 0 radical (unpaired) electrons. The normalized spacial score (nSPS) is 12.1. The molecule has 1 aliphatic rings. The monoisotopic (exact) mass is 745 g/mol. The summed E-state index contributed by atoms with van der Waals surface area (Å²) >= 11 is 1.86. The molecule has 0 aliphatic carbocycles. The summed E-state index contributed by atoms with van der Waals surface area (Å²) in [6.45, 7) is 0. The maximum Gasteiger partial charge on any atom is 0.164 e. The van der Waals surface area contributed by atoms with Gasteiger partial charge in [0.25, 0.3) is 0 Å². The molecule has 5 nitrogen and oxygen atoms in total. The van der Waals surface area contributed by atoms with E-state index in [0.29, 0.717) is 17.5 Å². The molecule has 0 spiro atoms. The summed E-state index contributed by atoms with van der Waals surface area (Å²) in [6.07, 6.45) is 0. The Labute approximate surface area is 332 Å². The highest BCUT2D eigenvalue weighted by Gasteiger charge is 2.28. The van der Waals surface area contributed by atoms with Gasteiger partial charge in [0, 0.05) is 48.3 Å². The Hall–Kier alpha value is -7.28. The average Bonchev–Trinajstić information content (AvgIpc) is 3.80. The van der Waals surface area contributed by atoms with E-state index in [1.807, 2.05) is 42.1 Å². The molecule has 0 saturated heterocycles. The van der Waals surface area contributed by atoms with Crippen LogP contribution in [0.5, 0.6) is 0 Å². The van der Waals surface area contributed by atoms with Gasteiger partial charge < -0.3 is 0 Å². The van der Waals surface area contributed by atoms with Crippen LogP contribution < -0.4 is 0 Å². The van der Waals surface area contributed by atoms with E-state index < -0.39 is 0 Å². The van der Waals surface area contributed by atoms with Gasteiger partial charge in [0.05, 0.1) is 16.7 Å². The molecular formula is C51H31N5S. The topological polar surface area (TPSA) is 48.5 Å². The largest absolute Gasteiger partial charge is 0.295 e. The van der Waals surface area contributed by atoms with Crippen molar-refractivity contribution in [3.63, 3.8) is 0 Å². The first-order valence-corrected chi connectivity index (χ1v) is 19.9. The molecule has 3 aromatic heterocycles. The zero-order valence-electron chi connectivity index (χ0n) is 30.5. The predicted molar refractivity (Wildman–Crippen MR) is 234 cm³/mol. The number of hydrogen-bond acceptors (Lipinski definition) is 4. The van der Waals surface area contributed by atoms with Crippen LogP contribution in [0.4, 0.5) is 0 Å². The Balaban J connectivity index is 1.03. The highest BCUT2D eigenvalue weighted by atomic mass is 32.2. The van der Waals surface area contributed by atoms with E-state index in [1.54, 1.807) is 0 Å². The zero-order valence-corrected chi connectivity index (χ0v) is 31.4. The van der Waals surface area contributed by atoms with Gasteiger partial charge in [0.15, 0.2) is 17.5 Å². The summed E-state index contributed by atoms with van der Waals surface area (Å²) in [5.74, 6) is 1.95. The first-order chi connectivity index (χ1) is 28.3. The molecule has 0 amide bonds. The molecule has 266 valence electrons. The number of hydrogen-bond donors (Lipinski definition) is 0. The van der Waals surface area contributed by atoms with E-state index >= 15 is 0 Å². The summed E-state index contributed by atoms with van der Waals surface area (Å²) in [7, 11) is 0. The van der Waals surface area contributed by atoms with Gasteiger partial charge in [-0.1, -0.05) is 157 Å². The van der Waals surface area contributed by atoms with Crippen molar-refractivity contribution in [2.24, 2.45) is 0 Å². The Kier molecular flexibility index (Phi) is 7.09. The zero-order chi connectivity index (χ0) is 37.5. The quantitative estimate of drug-likeness (QED) is 0.176. The molecule has 0 saturated carbocycles. The standard InChI is InChI=1S/C51H31N5S/c1-3-14-34(15-4-1)48-52-49(54-50(53-48)39-20-11-16-33-13-7-8-19-38(33)39)35-27-25-32(26-28-35)36-29-30-42-41(31-36)46-40-21-12-24-45-47(40)56(43-22-9-10-23-44(43)57-45)51(46)55(42)37-17-5-2-6-18-37/h1-31H. The van der Waals surface area contributed by atoms with Crippen molar-refractivity contribution in [3.05, 3.63) is 188 Å². The van der Waals surface area contributed by atoms with Gasteiger partial charge in [-0.05, 0) is 64.4 Å². The van der Waals surface area contributed by atoms with Crippen LogP contribution in [0.1, 0.15) is 0 Å². The van der Waals surface area contributed by atoms with Gasteiger partial charge in [-0.2, -0.15) is 0 Å². The van der Waals surface area contributed by atoms with Crippen molar-refractivity contribution >= 4 is 55.4 Å². The van der Waals surface area contributed by atoms with E-state index in [0.717, 1.165) is 44.3 Å². The smallest absolute Gasteiger partial charge is 0.164 e. The molecule has 0 atom stereocenters. The third kappa shape index (κ3) is 5.01. The average molecular weight is 746 g/mol. The van der Waals surface area contributed by atoms with E-state index in [4.69, 9.17) is 15.0 Å². The number of nitrogens with zero attached hydrogens (tertiary/aromatic N) is 5. The first kappa shape index (κ1) is 32.0. The molecule has 12 rings (SSSR count). The minimum absolute atomic E-state index is 0.641. The second-order valence-corrected chi connectivity index (χ2v) is 15.5. The maximum atomic E-state index is 5.10. The Morgan fingerprint density at radius 2 is 1.02 bits per heavy atom. The lowest BCUT2D eigenvalue weighted by atomic mass is 10.0. The van der Waals surface area contributed by atoms with Crippen LogP contribution in [-0.2, 0) is 0 Å². The molecule has 4 heterocycles. The van der Waals surface area contributed by atoms with Crippen molar-refractivity contribution in [1.82, 2.24) is 24.1 Å². The van der Waals surface area contributed by atoms with Crippen LogP contribution in [0.3, 0.4) is 0 Å². The first-order valence-electron chi connectivity index (χ1n) is 19.1. The van der Waals surface area contributed by atoms with E-state index in [2.05, 4.69) is 167 Å². The van der Waals surface area contributed by atoms with Crippen LogP contribution in [0.25, 0.3) is 100 Å². The number of benzene rings is 8. The fourth-order valence-corrected chi connectivity index (χ4v) is 9.66. The molecule has 0 bridgehead atoms. The van der Waals surface area contributed by atoms with Crippen LogP contribution >= 0.6 is 11.8 Å². The molecule has 11 aromatic rings. The van der Waals surface area contributed by atoms with E-state index in [1.165, 1.54) is 48.3 Å². The second kappa shape index (κ2) is 12.6. The van der Waals surface area contributed by atoms with Crippen LogP contribution in [0.15, 0.2) is 198 Å². The van der Waals surface area contributed by atoms with Gasteiger partial charge in [-0.3, -0.25) is 9.13 Å². The Morgan fingerprint density at radius 3 is 1.86 bits per heavy atom. The predicted octanol–water partition coefficient (Wildman–Crippen LogP) is 13.2. The van der Waals surface area contributed by atoms with E-state index in [9.17, 15) is 0 Å². The third-order valence-electron chi connectivity index (χ3n) is 11.2. The van der Waals surface area contributed by atoms with Crippen molar-refractivity contribution in [2.75, 3.05) is 0 Å². The van der Waals surface area contributed by atoms with Crippen LogP contribution in [0.2, 0.25) is 0 Å². The number of para-hydroxylation sites is 3. The fourth-order valence-electron chi connectivity index (χ4n) is 8.57. The lowest BCUT2D eigenvalue weighted by molar-refractivity contribution is 1.03. The molecule has 0 N–H and O–H groups in total. The van der Waals surface area contributed by atoms with Gasteiger partial charge in [-0.15, -0.1) is 0 Å². The lowest BCUT2D eigenvalue weighted by Crippen LogP contribution is -2.05. The Morgan fingerprint density at radius 1 is 0.404 bits per heavy atom. The van der Waals surface area contributed by atoms with Gasteiger partial charge >= 0.3 is 0 Å². The van der Waals surface area contributed by atoms with Crippen LogP contribution in [0, 0.1) is 0 Å². The molecule has 57 heavy (non-hydrogen) atoms. The van der Waals surface area contributed by atoms with Crippen molar-refractivity contribution < 1.29 is 0 Å². The van der Waals surface area contributed by atoms with Crippen LogP contribution in [-0.4, -0.2) is 24.1 Å². The van der Waals surface area contributed by atoms with Gasteiger partial charge in [0.1, 0.15) is 5.65 Å².